The minimum atomic E-state index is -0.485. The number of nitrogens with one attached hydrogen (secondary N) is 1. The fourth-order valence-corrected chi connectivity index (χ4v) is 3.85. The van der Waals surface area contributed by atoms with Gasteiger partial charge in [-0.3, -0.25) is 4.68 Å². The van der Waals surface area contributed by atoms with Crippen molar-refractivity contribution in [3.8, 4) is 0 Å². The second-order valence-corrected chi connectivity index (χ2v) is 8.29. The minimum absolute atomic E-state index is 0.0471. The molecule has 1 aromatic rings. The second-order valence-electron chi connectivity index (χ2n) is 8.29. The Hall–Kier alpha value is -1.60. The first-order chi connectivity index (χ1) is 11.8. The van der Waals surface area contributed by atoms with Crippen LogP contribution in [0.5, 0.6) is 0 Å². The first-order valence-corrected chi connectivity index (χ1v) is 9.21. The van der Waals surface area contributed by atoms with Crippen molar-refractivity contribution in [2.45, 2.75) is 58.8 Å². The summed E-state index contributed by atoms with van der Waals surface area (Å²) in [5.41, 5.74) is 0.723. The molecule has 0 spiro atoms. The van der Waals surface area contributed by atoms with Crippen LogP contribution in [0.2, 0.25) is 0 Å². The van der Waals surface area contributed by atoms with Crippen molar-refractivity contribution in [3.05, 3.63) is 12.4 Å². The molecule has 3 unspecified atom stereocenters. The molecule has 140 valence electrons. The molecule has 7 heteroatoms. The van der Waals surface area contributed by atoms with E-state index >= 15 is 0 Å². The number of amides is 2. The van der Waals surface area contributed by atoms with Crippen LogP contribution in [0.3, 0.4) is 0 Å². The summed E-state index contributed by atoms with van der Waals surface area (Å²) < 4.78 is 7.42. The van der Waals surface area contributed by atoms with Gasteiger partial charge in [0.2, 0.25) is 0 Å². The molecule has 0 radical (unpaired) electrons. The van der Waals surface area contributed by atoms with E-state index in [1.807, 2.05) is 10.9 Å². The van der Waals surface area contributed by atoms with Gasteiger partial charge in [0.05, 0.1) is 30.6 Å². The Morgan fingerprint density at radius 2 is 2.24 bits per heavy atom. The van der Waals surface area contributed by atoms with Crippen LogP contribution in [0.15, 0.2) is 12.4 Å². The van der Waals surface area contributed by atoms with Gasteiger partial charge < -0.3 is 20.1 Å². The van der Waals surface area contributed by atoms with Gasteiger partial charge in [0.15, 0.2) is 0 Å². The number of ether oxygens (including phenoxy) is 1. The zero-order chi connectivity index (χ0) is 18.0. The number of rotatable bonds is 3. The first-order valence-electron chi connectivity index (χ1n) is 9.21. The van der Waals surface area contributed by atoms with Crippen molar-refractivity contribution in [1.82, 2.24) is 14.7 Å². The maximum absolute atomic E-state index is 12.5. The predicted molar refractivity (Wildman–Crippen MR) is 95.4 cm³/mol. The SMILES string of the molecule is CC(C)(C)C1CCN(C(=O)Nc2cnn(CC3CCCO3)c2)CC1O. The molecule has 3 heterocycles. The molecule has 2 amide bonds. The van der Waals surface area contributed by atoms with Gasteiger partial charge in [-0.1, -0.05) is 20.8 Å². The molecular weight excluding hydrogens is 320 g/mol. The van der Waals surface area contributed by atoms with Crippen molar-refractivity contribution in [3.63, 3.8) is 0 Å². The van der Waals surface area contributed by atoms with E-state index in [4.69, 9.17) is 4.74 Å². The third-order valence-electron chi connectivity index (χ3n) is 5.28. The number of carbonyl (C=O) groups excluding carboxylic acids is 1. The number of piperidine rings is 1. The second kappa shape index (κ2) is 7.33. The molecule has 1 aromatic heterocycles. The third-order valence-corrected chi connectivity index (χ3v) is 5.28. The number of anilines is 1. The Bertz CT molecular complexity index is 589. The van der Waals surface area contributed by atoms with Crippen LogP contribution in [-0.4, -0.2) is 57.7 Å². The quantitative estimate of drug-likeness (QED) is 0.877. The molecule has 2 N–H and O–H groups in total. The summed E-state index contributed by atoms with van der Waals surface area (Å²) in [6.45, 7) is 8.98. The van der Waals surface area contributed by atoms with Crippen LogP contribution in [0.1, 0.15) is 40.0 Å². The van der Waals surface area contributed by atoms with E-state index in [1.165, 1.54) is 0 Å². The number of aromatic nitrogens is 2. The highest BCUT2D eigenvalue weighted by molar-refractivity contribution is 5.89. The van der Waals surface area contributed by atoms with Crippen molar-refractivity contribution in [2.75, 3.05) is 25.0 Å². The average molecular weight is 350 g/mol. The summed E-state index contributed by atoms with van der Waals surface area (Å²) in [5, 5.41) is 17.6. The molecule has 3 atom stereocenters. The fourth-order valence-electron chi connectivity index (χ4n) is 3.85. The molecule has 25 heavy (non-hydrogen) atoms. The smallest absolute Gasteiger partial charge is 0.322 e. The average Bonchev–Trinajstić information content (AvgIpc) is 3.18. The lowest BCUT2D eigenvalue weighted by Gasteiger charge is -2.42. The molecule has 2 fully saturated rings. The van der Waals surface area contributed by atoms with Crippen molar-refractivity contribution in [2.24, 2.45) is 11.3 Å². The summed E-state index contributed by atoms with van der Waals surface area (Å²) in [5.74, 6) is 0.214. The van der Waals surface area contributed by atoms with E-state index in [0.29, 0.717) is 25.3 Å². The number of hydrogen-bond donors (Lipinski definition) is 2. The molecule has 0 saturated carbocycles. The van der Waals surface area contributed by atoms with Crippen LogP contribution in [0, 0.1) is 11.3 Å². The van der Waals surface area contributed by atoms with Gasteiger partial charge in [0, 0.05) is 25.9 Å². The lowest BCUT2D eigenvalue weighted by Crippen LogP contribution is -2.51. The molecule has 0 aliphatic carbocycles. The predicted octanol–water partition coefficient (Wildman–Crippen LogP) is 2.32. The van der Waals surface area contributed by atoms with Gasteiger partial charge in [0.25, 0.3) is 0 Å². The highest BCUT2D eigenvalue weighted by atomic mass is 16.5. The highest BCUT2D eigenvalue weighted by Crippen LogP contribution is 2.34. The van der Waals surface area contributed by atoms with Crippen molar-refractivity contribution >= 4 is 11.7 Å². The topological polar surface area (TPSA) is 79.6 Å². The number of hydrogen-bond acceptors (Lipinski definition) is 4. The highest BCUT2D eigenvalue weighted by Gasteiger charge is 2.37. The standard InChI is InChI=1S/C18H30N4O3/c1-18(2,3)15-6-7-21(12-16(15)23)17(24)20-13-9-19-22(10-13)11-14-5-4-8-25-14/h9-10,14-16,23H,4-8,11-12H2,1-3H3,(H,20,24). The number of nitrogens with zero attached hydrogens (tertiary/aromatic N) is 3. The van der Waals surface area contributed by atoms with E-state index in [1.54, 1.807) is 11.1 Å². The van der Waals surface area contributed by atoms with Crippen LogP contribution < -0.4 is 5.32 Å². The third kappa shape index (κ3) is 4.52. The monoisotopic (exact) mass is 350 g/mol. The van der Waals surface area contributed by atoms with Gasteiger partial charge in [0.1, 0.15) is 0 Å². The Kier molecular flexibility index (Phi) is 5.34. The number of β-amino-alcohol motifs (C(OH)–C–C–N with tert-alkyl or cyclic N) is 1. The van der Waals surface area contributed by atoms with Crippen molar-refractivity contribution < 1.29 is 14.6 Å². The first kappa shape index (κ1) is 18.2. The molecular formula is C18H30N4O3. The normalized spacial score (nSPS) is 27.5. The summed E-state index contributed by atoms with van der Waals surface area (Å²) >= 11 is 0. The maximum Gasteiger partial charge on any atom is 0.322 e. The Morgan fingerprint density at radius 3 is 2.88 bits per heavy atom. The van der Waals surface area contributed by atoms with E-state index in [9.17, 15) is 9.90 Å². The Balaban J connectivity index is 1.52. The summed E-state index contributed by atoms with van der Waals surface area (Å²) in [6.07, 6.45) is 6.20. The molecule has 0 bridgehead atoms. The molecule has 3 rings (SSSR count). The molecule has 2 aliphatic rings. The fraction of sp³-hybridized carbons (Fsp3) is 0.778. The molecule has 7 nitrogen and oxygen atoms in total. The van der Waals surface area contributed by atoms with Crippen LogP contribution in [0.4, 0.5) is 10.5 Å². The van der Waals surface area contributed by atoms with E-state index in [0.717, 1.165) is 25.9 Å². The number of aliphatic hydroxyl groups excluding tert-OH is 1. The largest absolute Gasteiger partial charge is 0.391 e. The summed E-state index contributed by atoms with van der Waals surface area (Å²) in [7, 11) is 0. The molecule has 2 aliphatic heterocycles. The lowest BCUT2D eigenvalue weighted by atomic mass is 9.74. The summed E-state index contributed by atoms with van der Waals surface area (Å²) in [4.78, 5) is 14.2. The van der Waals surface area contributed by atoms with Gasteiger partial charge in [-0.15, -0.1) is 0 Å². The van der Waals surface area contributed by atoms with E-state index in [-0.39, 0.29) is 23.5 Å². The lowest BCUT2D eigenvalue weighted by molar-refractivity contribution is -0.0108. The molecule has 0 aromatic carbocycles. The van der Waals surface area contributed by atoms with E-state index in [2.05, 4.69) is 31.2 Å². The summed E-state index contributed by atoms with van der Waals surface area (Å²) in [6, 6.07) is -0.178. The zero-order valence-corrected chi connectivity index (χ0v) is 15.4. The number of urea groups is 1. The van der Waals surface area contributed by atoms with Crippen LogP contribution in [0.25, 0.3) is 0 Å². The van der Waals surface area contributed by atoms with E-state index < -0.39 is 6.10 Å². The van der Waals surface area contributed by atoms with Gasteiger partial charge >= 0.3 is 6.03 Å². The number of carbonyl (C=O) groups is 1. The Labute approximate surface area is 149 Å². The number of aliphatic hydroxyl groups is 1. The van der Waals surface area contributed by atoms with Gasteiger partial charge in [-0.25, -0.2) is 4.79 Å². The Morgan fingerprint density at radius 1 is 1.44 bits per heavy atom. The zero-order valence-electron chi connectivity index (χ0n) is 15.4. The van der Waals surface area contributed by atoms with Crippen molar-refractivity contribution in [1.29, 1.82) is 0 Å². The van der Waals surface area contributed by atoms with Crippen LogP contribution in [-0.2, 0) is 11.3 Å². The molecule has 2 saturated heterocycles. The van der Waals surface area contributed by atoms with Gasteiger partial charge in [-0.2, -0.15) is 5.10 Å². The van der Waals surface area contributed by atoms with Gasteiger partial charge in [-0.05, 0) is 30.6 Å². The number of likely N-dealkylation sites (tertiary alicyclic amines) is 1. The maximum atomic E-state index is 12.5. The minimum Gasteiger partial charge on any atom is -0.391 e. The van der Waals surface area contributed by atoms with Crippen LogP contribution >= 0.6 is 0 Å².